The molecule has 3 aromatic rings. The minimum atomic E-state index is -0.632. The molecule has 8 heteroatoms. The number of likely N-dealkylation sites (N-methyl/N-ethyl adjacent to an activating group) is 1. The molecule has 186 valence electrons. The van der Waals surface area contributed by atoms with Crippen molar-refractivity contribution in [3.8, 4) is 0 Å². The molecule has 0 radical (unpaired) electrons. The van der Waals surface area contributed by atoms with Crippen molar-refractivity contribution in [3.05, 3.63) is 93.7 Å². The van der Waals surface area contributed by atoms with E-state index in [0.29, 0.717) is 23.1 Å². The summed E-state index contributed by atoms with van der Waals surface area (Å²) in [5, 5.41) is 5.78. The smallest absolute Gasteiger partial charge is 0.322 e. The highest BCUT2D eigenvalue weighted by Gasteiger charge is 2.46. The van der Waals surface area contributed by atoms with Crippen LogP contribution in [0.4, 0.5) is 20.6 Å². The molecule has 3 amide bonds. The number of likely N-dealkylation sites (tertiary alicyclic amines) is 1. The Kier molecular flexibility index (Phi) is 7.07. The van der Waals surface area contributed by atoms with Crippen molar-refractivity contribution in [1.29, 1.82) is 0 Å². The van der Waals surface area contributed by atoms with E-state index in [9.17, 15) is 14.0 Å². The van der Waals surface area contributed by atoms with Crippen LogP contribution in [0.25, 0.3) is 0 Å². The van der Waals surface area contributed by atoms with Crippen LogP contribution in [0.3, 0.4) is 0 Å². The lowest BCUT2D eigenvalue weighted by Crippen LogP contribution is -2.65. The van der Waals surface area contributed by atoms with Gasteiger partial charge in [0.1, 0.15) is 11.9 Å². The van der Waals surface area contributed by atoms with Crippen LogP contribution in [0.15, 0.2) is 71.2 Å². The molecule has 2 heterocycles. The van der Waals surface area contributed by atoms with Crippen molar-refractivity contribution < 1.29 is 14.0 Å². The standard InChI is InChI=1S/C28H28BrFN4O2/c1-33-12-11-19-14-22(8-7-20(19)16-33)31-27(35)26-21(13-18-5-3-2-4-6-18)17-34(26)28(36)32-23-9-10-24(29)25(30)15-23/h2-10,14-15,21,26H,11-13,16-17H2,1H3,(H,31,35)(H,32,36)/t21-,26+/m0/s1. The van der Waals surface area contributed by atoms with Crippen LogP contribution < -0.4 is 10.6 Å². The van der Waals surface area contributed by atoms with Gasteiger partial charge in [-0.3, -0.25) is 4.79 Å². The van der Waals surface area contributed by atoms with Crippen LogP contribution in [0, 0.1) is 11.7 Å². The second-order valence-electron chi connectivity index (χ2n) is 9.57. The van der Waals surface area contributed by atoms with Gasteiger partial charge in [-0.15, -0.1) is 0 Å². The lowest BCUT2D eigenvalue weighted by molar-refractivity contribution is -0.127. The number of amides is 3. The molecule has 2 aliphatic rings. The van der Waals surface area contributed by atoms with Gasteiger partial charge in [0, 0.05) is 36.9 Å². The SMILES string of the molecule is CN1CCc2cc(NC(=O)[C@H]3[C@@H](Cc4ccccc4)CN3C(=O)Nc3ccc(Br)c(F)c3)ccc2C1. The first-order valence-corrected chi connectivity index (χ1v) is 12.8. The number of fused-ring (bicyclic) bond motifs is 1. The fraction of sp³-hybridized carbons (Fsp3) is 0.286. The Bertz CT molecular complexity index is 1290. The predicted octanol–water partition coefficient (Wildman–Crippen LogP) is 5.29. The molecule has 3 aromatic carbocycles. The summed E-state index contributed by atoms with van der Waals surface area (Å²) in [6.07, 6.45) is 1.63. The normalized spacial score (nSPS) is 19.2. The van der Waals surface area contributed by atoms with Gasteiger partial charge >= 0.3 is 6.03 Å². The summed E-state index contributed by atoms with van der Waals surface area (Å²) in [7, 11) is 2.10. The van der Waals surface area contributed by atoms with Gasteiger partial charge in [0.15, 0.2) is 0 Å². The first-order valence-electron chi connectivity index (χ1n) is 12.0. The molecule has 1 saturated heterocycles. The van der Waals surface area contributed by atoms with E-state index in [0.717, 1.165) is 30.8 Å². The maximum atomic E-state index is 13.9. The van der Waals surface area contributed by atoms with E-state index < -0.39 is 17.9 Å². The first kappa shape index (κ1) is 24.5. The predicted molar refractivity (Wildman–Crippen MR) is 142 cm³/mol. The lowest BCUT2D eigenvalue weighted by atomic mass is 9.83. The number of benzene rings is 3. The number of urea groups is 1. The van der Waals surface area contributed by atoms with E-state index in [1.165, 1.54) is 28.2 Å². The molecule has 0 unspecified atom stereocenters. The Balaban J connectivity index is 1.33. The summed E-state index contributed by atoms with van der Waals surface area (Å²) in [5.41, 5.74) is 4.71. The van der Waals surface area contributed by atoms with Crippen molar-refractivity contribution >= 4 is 39.2 Å². The zero-order valence-corrected chi connectivity index (χ0v) is 21.6. The molecule has 0 aromatic heterocycles. The van der Waals surface area contributed by atoms with Crippen LogP contribution >= 0.6 is 15.9 Å². The Morgan fingerprint density at radius 1 is 1.00 bits per heavy atom. The van der Waals surface area contributed by atoms with E-state index in [2.05, 4.69) is 44.6 Å². The Morgan fingerprint density at radius 2 is 1.75 bits per heavy atom. The summed E-state index contributed by atoms with van der Waals surface area (Å²) in [5.74, 6) is -0.704. The number of nitrogens with zero attached hydrogens (tertiary/aromatic N) is 2. The highest BCUT2D eigenvalue weighted by Crippen LogP contribution is 2.31. The molecule has 0 bridgehead atoms. The van der Waals surface area contributed by atoms with E-state index >= 15 is 0 Å². The van der Waals surface area contributed by atoms with Crippen LogP contribution in [-0.2, 0) is 24.2 Å². The van der Waals surface area contributed by atoms with E-state index in [1.54, 1.807) is 6.07 Å². The molecule has 0 saturated carbocycles. The van der Waals surface area contributed by atoms with E-state index in [1.807, 2.05) is 42.5 Å². The molecular formula is C28H28BrFN4O2. The number of rotatable bonds is 5. The third kappa shape index (κ3) is 5.29. The fourth-order valence-corrected chi connectivity index (χ4v) is 5.24. The zero-order valence-electron chi connectivity index (χ0n) is 20.0. The van der Waals surface area contributed by atoms with Crippen LogP contribution in [0.5, 0.6) is 0 Å². The molecular weight excluding hydrogens is 523 g/mol. The molecule has 5 rings (SSSR count). The summed E-state index contributed by atoms with van der Waals surface area (Å²) < 4.78 is 14.3. The van der Waals surface area contributed by atoms with Gasteiger partial charge in [0.05, 0.1) is 4.47 Å². The van der Waals surface area contributed by atoms with Crippen molar-refractivity contribution in [2.75, 3.05) is 30.8 Å². The number of halogens is 2. The minimum absolute atomic E-state index is 0.0221. The molecule has 2 atom stereocenters. The second kappa shape index (κ2) is 10.4. The van der Waals surface area contributed by atoms with E-state index in [4.69, 9.17) is 0 Å². The quantitative estimate of drug-likeness (QED) is 0.453. The van der Waals surface area contributed by atoms with Gasteiger partial charge in [-0.2, -0.15) is 0 Å². The Labute approximate surface area is 218 Å². The van der Waals surface area contributed by atoms with Gasteiger partial charge in [0.25, 0.3) is 0 Å². The van der Waals surface area contributed by atoms with Crippen molar-refractivity contribution in [2.45, 2.75) is 25.4 Å². The van der Waals surface area contributed by atoms with E-state index in [-0.39, 0.29) is 11.8 Å². The largest absolute Gasteiger partial charge is 0.324 e. The number of carbonyl (C=O) groups is 2. The maximum absolute atomic E-state index is 13.9. The number of anilines is 2. The third-order valence-corrected chi connectivity index (χ3v) is 7.57. The molecule has 0 spiro atoms. The van der Waals surface area contributed by atoms with Crippen LogP contribution in [0.2, 0.25) is 0 Å². The van der Waals surface area contributed by atoms with Crippen molar-refractivity contribution in [2.24, 2.45) is 5.92 Å². The Hall–Kier alpha value is -3.23. The first-order chi connectivity index (χ1) is 17.4. The average molecular weight is 551 g/mol. The zero-order chi connectivity index (χ0) is 25.2. The summed E-state index contributed by atoms with van der Waals surface area (Å²) in [4.78, 5) is 30.3. The number of carbonyl (C=O) groups excluding carboxylic acids is 2. The maximum Gasteiger partial charge on any atom is 0.322 e. The number of hydrogen-bond donors (Lipinski definition) is 2. The second-order valence-corrected chi connectivity index (χ2v) is 10.4. The lowest BCUT2D eigenvalue weighted by Gasteiger charge is -2.46. The van der Waals surface area contributed by atoms with Gasteiger partial charge in [-0.25, -0.2) is 9.18 Å². The topological polar surface area (TPSA) is 64.7 Å². The van der Waals surface area contributed by atoms with Crippen molar-refractivity contribution in [3.63, 3.8) is 0 Å². The van der Waals surface area contributed by atoms with Crippen LogP contribution in [-0.4, -0.2) is 47.9 Å². The summed E-state index contributed by atoms with van der Waals surface area (Å²) in [6, 6.07) is 19.4. The van der Waals surface area contributed by atoms with Crippen molar-refractivity contribution in [1.82, 2.24) is 9.80 Å². The summed E-state index contributed by atoms with van der Waals surface area (Å²) in [6.45, 7) is 2.32. The fourth-order valence-electron chi connectivity index (χ4n) is 5.00. The van der Waals surface area contributed by atoms with Gasteiger partial charge in [-0.1, -0.05) is 36.4 Å². The van der Waals surface area contributed by atoms with Crippen LogP contribution in [0.1, 0.15) is 16.7 Å². The average Bonchev–Trinajstić information content (AvgIpc) is 2.84. The Morgan fingerprint density at radius 3 is 2.53 bits per heavy atom. The number of hydrogen-bond acceptors (Lipinski definition) is 3. The molecule has 2 aliphatic heterocycles. The third-order valence-electron chi connectivity index (χ3n) is 6.93. The molecule has 36 heavy (non-hydrogen) atoms. The molecule has 1 fully saturated rings. The molecule has 6 nitrogen and oxygen atoms in total. The highest BCUT2D eigenvalue weighted by molar-refractivity contribution is 9.10. The summed E-state index contributed by atoms with van der Waals surface area (Å²) >= 11 is 3.12. The van der Waals surface area contributed by atoms with Gasteiger partial charge in [-0.05, 0) is 82.8 Å². The minimum Gasteiger partial charge on any atom is -0.324 e. The monoisotopic (exact) mass is 550 g/mol. The molecule has 0 aliphatic carbocycles. The highest BCUT2D eigenvalue weighted by atomic mass is 79.9. The number of nitrogens with one attached hydrogen (secondary N) is 2. The van der Waals surface area contributed by atoms with Gasteiger partial charge < -0.3 is 20.4 Å². The van der Waals surface area contributed by atoms with Gasteiger partial charge in [0.2, 0.25) is 5.91 Å². The molecule has 2 N–H and O–H groups in total.